The van der Waals surface area contributed by atoms with Gasteiger partial charge in [-0.3, -0.25) is 5.09 Å². The summed E-state index contributed by atoms with van der Waals surface area (Å²) >= 11 is 4.05. The van der Waals surface area contributed by atoms with Crippen LogP contribution in [0.15, 0.2) is 0 Å². The third-order valence-electron chi connectivity index (χ3n) is 2.80. The molecule has 0 saturated carbocycles. The number of nitrogens with one attached hydrogen (secondary N) is 1. The van der Waals surface area contributed by atoms with Crippen LogP contribution >= 0.6 is 21.4 Å². The first-order valence-electron chi connectivity index (χ1n) is 6.42. The number of hydrogen-bond acceptors (Lipinski definition) is 5. The average molecular weight is 309 g/mol. The molecule has 1 aliphatic heterocycles. The molecule has 6 unspecified atom stereocenters. The minimum absolute atomic E-state index is 0.0329. The fourth-order valence-corrected chi connectivity index (χ4v) is 3.27. The molecule has 19 heavy (non-hydrogen) atoms. The fourth-order valence-electron chi connectivity index (χ4n) is 1.76. The number of alkyl halides is 1. The van der Waals surface area contributed by atoms with Crippen LogP contribution in [0.2, 0.25) is 0 Å². The summed E-state index contributed by atoms with van der Waals surface area (Å²) in [5.41, 5.74) is 0. The summed E-state index contributed by atoms with van der Waals surface area (Å²) in [6, 6.07) is -1.48. The molecule has 0 aromatic heterocycles. The SMILES string of the molecule is [B]C1OC(COC(C)C)C(NPC(O)CCS)C1F. The molecule has 8 heteroatoms. The van der Waals surface area contributed by atoms with E-state index in [4.69, 9.17) is 17.3 Å². The van der Waals surface area contributed by atoms with E-state index < -0.39 is 30.2 Å². The monoisotopic (exact) mass is 309 g/mol. The maximum Gasteiger partial charge on any atom is 0.136 e. The average Bonchev–Trinajstić information content (AvgIpc) is 2.61. The van der Waals surface area contributed by atoms with Gasteiger partial charge in [0.25, 0.3) is 0 Å². The van der Waals surface area contributed by atoms with Gasteiger partial charge in [-0.25, -0.2) is 4.39 Å². The molecule has 0 amide bonds. The quantitative estimate of drug-likeness (QED) is 0.353. The van der Waals surface area contributed by atoms with E-state index in [-0.39, 0.29) is 21.4 Å². The Morgan fingerprint density at radius 1 is 1.58 bits per heavy atom. The smallest absolute Gasteiger partial charge is 0.136 e. The van der Waals surface area contributed by atoms with Crippen molar-refractivity contribution in [3.63, 3.8) is 0 Å². The predicted octanol–water partition coefficient (Wildman–Crippen LogP) is 0.833. The summed E-state index contributed by atoms with van der Waals surface area (Å²) in [4.78, 5) is 0. The molecule has 4 nitrogen and oxygen atoms in total. The summed E-state index contributed by atoms with van der Waals surface area (Å²) in [6.07, 6.45) is -1.10. The number of thiol groups is 1. The van der Waals surface area contributed by atoms with Crippen molar-refractivity contribution in [3.8, 4) is 0 Å². The maximum atomic E-state index is 13.9. The first-order valence-corrected chi connectivity index (χ1v) is 8.13. The van der Waals surface area contributed by atoms with Crippen molar-refractivity contribution in [1.29, 1.82) is 0 Å². The Morgan fingerprint density at radius 3 is 2.84 bits per heavy atom. The zero-order chi connectivity index (χ0) is 14.4. The highest BCUT2D eigenvalue weighted by molar-refractivity contribution is 7.80. The molecular formula is C11H22BFNO3PS. The molecule has 0 spiro atoms. The van der Waals surface area contributed by atoms with Crippen molar-refractivity contribution in [1.82, 2.24) is 5.09 Å². The lowest BCUT2D eigenvalue weighted by atomic mass is 9.93. The Labute approximate surface area is 122 Å². The number of aliphatic hydroxyl groups is 1. The molecule has 6 atom stereocenters. The molecule has 2 N–H and O–H groups in total. The second-order valence-electron chi connectivity index (χ2n) is 4.81. The molecule has 1 saturated heterocycles. The lowest BCUT2D eigenvalue weighted by Gasteiger charge is -2.23. The van der Waals surface area contributed by atoms with Gasteiger partial charge in [0, 0.05) is 6.00 Å². The predicted molar refractivity (Wildman–Crippen MR) is 80.1 cm³/mol. The normalized spacial score (nSPS) is 33.6. The molecule has 1 rings (SSSR count). The van der Waals surface area contributed by atoms with Gasteiger partial charge in [0.15, 0.2) is 0 Å². The van der Waals surface area contributed by atoms with Crippen molar-refractivity contribution in [2.75, 3.05) is 12.4 Å². The highest BCUT2D eigenvalue weighted by atomic mass is 32.1. The second kappa shape index (κ2) is 8.80. The Morgan fingerprint density at radius 2 is 2.26 bits per heavy atom. The molecule has 0 aromatic rings. The van der Waals surface area contributed by atoms with Gasteiger partial charge in [0.2, 0.25) is 0 Å². The first-order chi connectivity index (χ1) is 8.95. The minimum atomic E-state index is -1.29. The topological polar surface area (TPSA) is 50.7 Å². The number of aliphatic hydroxyl groups excluding tert-OH is 1. The van der Waals surface area contributed by atoms with Gasteiger partial charge in [0.05, 0.1) is 30.7 Å². The van der Waals surface area contributed by atoms with Gasteiger partial charge in [-0.1, -0.05) is 0 Å². The van der Waals surface area contributed by atoms with Crippen LogP contribution in [0.4, 0.5) is 4.39 Å². The lowest BCUT2D eigenvalue weighted by Crippen LogP contribution is -2.42. The van der Waals surface area contributed by atoms with E-state index in [0.717, 1.165) is 0 Å². The van der Waals surface area contributed by atoms with Crippen LogP contribution in [-0.2, 0) is 9.47 Å². The van der Waals surface area contributed by atoms with Crippen molar-refractivity contribution in [2.45, 2.75) is 56.5 Å². The third-order valence-corrected chi connectivity index (χ3v) is 4.18. The zero-order valence-electron chi connectivity index (χ0n) is 11.3. The van der Waals surface area contributed by atoms with E-state index in [9.17, 15) is 9.50 Å². The van der Waals surface area contributed by atoms with Crippen molar-refractivity contribution in [2.24, 2.45) is 0 Å². The van der Waals surface area contributed by atoms with Crippen LogP contribution in [-0.4, -0.2) is 61.6 Å². The lowest BCUT2D eigenvalue weighted by molar-refractivity contribution is -0.0212. The van der Waals surface area contributed by atoms with Crippen LogP contribution in [0.25, 0.3) is 0 Å². The van der Waals surface area contributed by atoms with Gasteiger partial charge in [-0.15, -0.1) is 0 Å². The van der Waals surface area contributed by atoms with Crippen molar-refractivity contribution in [3.05, 3.63) is 0 Å². The summed E-state index contributed by atoms with van der Waals surface area (Å²) in [7, 11) is 5.60. The van der Waals surface area contributed by atoms with E-state index in [1.807, 2.05) is 13.8 Å². The van der Waals surface area contributed by atoms with Gasteiger partial charge in [-0.2, -0.15) is 12.6 Å². The number of ether oxygens (including phenoxy) is 2. The number of hydrogen-bond donors (Lipinski definition) is 3. The second-order valence-corrected chi connectivity index (χ2v) is 6.50. The van der Waals surface area contributed by atoms with Gasteiger partial charge < -0.3 is 14.6 Å². The van der Waals surface area contributed by atoms with Crippen LogP contribution < -0.4 is 5.09 Å². The van der Waals surface area contributed by atoms with E-state index in [2.05, 4.69) is 17.7 Å². The Kier molecular flexibility index (Phi) is 8.19. The highest BCUT2D eigenvalue weighted by Gasteiger charge is 2.42. The van der Waals surface area contributed by atoms with Crippen LogP contribution in [0, 0.1) is 0 Å². The van der Waals surface area contributed by atoms with E-state index >= 15 is 0 Å². The first kappa shape index (κ1) is 17.7. The Balaban J connectivity index is 2.45. The largest absolute Gasteiger partial charge is 0.388 e. The summed E-state index contributed by atoms with van der Waals surface area (Å²) < 4.78 is 24.7. The number of halogens is 1. The van der Waals surface area contributed by atoms with Gasteiger partial charge in [-0.05, 0) is 34.8 Å². The summed E-state index contributed by atoms with van der Waals surface area (Å²) in [5.74, 6) is 0.0725. The molecule has 2 radical (unpaired) electrons. The molecule has 1 aliphatic rings. The van der Waals surface area contributed by atoms with Crippen LogP contribution in [0.3, 0.4) is 0 Å². The molecule has 0 bridgehead atoms. The van der Waals surface area contributed by atoms with E-state index in [1.54, 1.807) is 0 Å². The van der Waals surface area contributed by atoms with Gasteiger partial charge in [0.1, 0.15) is 14.0 Å². The molecule has 110 valence electrons. The van der Waals surface area contributed by atoms with Crippen molar-refractivity contribution >= 4 is 29.2 Å². The summed E-state index contributed by atoms with van der Waals surface area (Å²) in [5, 5.41) is 12.6. The Hall–Kier alpha value is 0.615. The number of rotatable bonds is 8. The zero-order valence-corrected chi connectivity index (χ0v) is 13.1. The third kappa shape index (κ3) is 5.86. The summed E-state index contributed by atoms with van der Waals surface area (Å²) in [6.45, 7) is 4.10. The highest BCUT2D eigenvalue weighted by Crippen LogP contribution is 2.27. The molecule has 0 aromatic carbocycles. The fraction of sp³-hybridized carbons (Fsp3) is 1.00. The van der Waals surface area contributed by atoms with Crippen LogP contribution in [0.5, 0.6) is 0 Å². The van der Waals surface area contributed by atoms with E-state index in [1.165, 1.54) is 0 Å². The Bertz CT molecular complexity index is 268. The molecule has 1 fully saturated rings. The van der Waals surface area contributed by atoms with Crippen molar-refractivity contribution < 1.29 is 19.0 Å². The van der Waals surface area contributed by atoms with E-state index in [0.29, 0.717) is 12.2 Å². The minimum Gasteiger partial charge on any atom is -0.388 e. The van der Waals surface area contributed by atoms with Gasteiger partial charge >= 0.3 is 0 Å². The standard InChI is InChI=1S/C11H22BFNO3PS/c1-6(2)16-5-7-10(9(13)11(12)17-7)14-18-8(15)3-4-19/h6-11,14-15,18-19H,3-5H2,1-2H3. The molecule has 0 aliphatic carbocycles. The maximum absolute atomic E-state index is 13.9. The molecular weight excluding hydrogens is 287 g/mol. The van der Waals surface area contributed by atoms with Crippen LogP contribution in [0.1, 0.15) is 20.3 Å². The molecule has 1 heterocycles.